The summed E-state index contributed by atoms with van der Waals surface area (Å²) in [7, 11) is 0. The molecule has 19 nitrogen and oxygen atoms in total. The highest BCUT2D eigenvalue weighted by Gasteiger charge is 2.15. The van der Waals surface area contributed by atoms with Gasteiger partial charge in [0.25, 0.3) is 0 Å². The average Bonchev–Trinajstić information content (AvgIpc) is 4.29. The monoisotopic (exact) mass is 1060 g/mol. The number of aliphatic hydroxyl groups is 2. The van der Waals surface area contributed by atoms with Gasteiger partial charge in [-0.05, 0) is 110 Å². The van der Waals surface area contributed by atoms with Crippen LogP contribution in [0.4, 0.5) is 51.6 Å². The number of aromatic hydroxyl groups is 1. The number of para-hydroxylation sites is 1. The Kier molecular flexibility index (Phi) is 16.2. The van der Waals surface area contributed by atoms with Gasteiger partial charge < -0.3 is 60.4 Å². The van der Waals surface area contributed by atoms with Crippen molar-refractivity contribution >= 4 is 74.4 Å². The molecule has 0 saturated carbocycles. The van der Waals surface area contributed by atoms with Crippen LogP contribution < -0.4 is 31.9 Å². The molecule has 1 amide bonds. The number of amides is 1. The number of anilines is 9. The lowest BCUT2D eigenvalue weighted by Gasteiger charge is -2.22. The van der Waals surface area contributed by atoms with Gasteiger partial charge in [-0.25, -0.2) is 29.9 Å². The van der Waals surface area contributed by atoms with Crippen LogP contribution in [0, 0.1) is 0 Å². The minimum atomic E-state index is -0.113. The summed E-state index contributed by atoms with van der Waals surface area (Å²) in [4.78, 5) is 40.6. The second-order valence-electron chi connectivity index (χ2n) is 18.2. The standard InChI is InChI=1S/C23H25N5O2.C20H17N5O2.C18H15N5/c1-2-27(13-14-29)19-9-7-18(8-10-19)25-22-23-24-11-12-28(23)15-21(26-22)20-6-4-3-5-17(20)16-30;1-13(26)22-15-4-6-16(7-5-15)23-19-20-21-10-11-25(20)12-18(24-19)14-2-8-17(27)9-3-14;19-14-6-4-5-13(11-14)16-12-23-10-9-20-18(23)17(22-16)21-15-7-2-1-3-8-15/h3-12,15,29-30H,2,13-14,16H2,1H3,(H,25,26);2-12,27H,1H3,(H,22,26)(H,23,24);1-12H,19H2,(H,21,22). The molecule has 6 heterocycles. The van der Waals surface area contributed by atoms with Crippen LogP contribution in [0.3, 0.4) is 0 Å². The van der Waals surface area contributed by atoms with Gasteiger partial charge in [-0.1, -0.05) is 54.6 Å². The van der Waals surface area contributed by atoms with Crippen molar-refractivity contribution in [3.8, 4) is 39.5 Å². The van der Waals surface area contributed by atoms with E-state index in [9.17, 15) is 20.1 Å². The number of aliphatic hydroxyl groups excluding tert-OH is 2. The van der Waals surface area contributed by atoms with E-state index < -0.39 is 0 Å². The Morgan fingerprint density at radius 2 is 1.06 bits per heavy atom. The smallest absolute Gasteiger partial charge is 0.221 e. The van der Waals surface area contributed by atoms with E-state index in [-0.39, 0.29) is 24.9 Å². The maximum atomic E-state index is 11.1. The Morgan fingerprint density at radius 3 is 1.60 bits per heavy atom. The predicted octanol–water partition coefficient (Wildman–Crippen LogP) is 11.0. The zero-order valence-corrected chi connectivity index (χ0v) is 43.8. The lowest BCUT2D eigenvalue weighted by atomic mass is 10.1. The van der Waals surface area contributed by atoms with Crippen LogP contribution in [-0.4, -0.2) is 84.0 Å². The molecule has 0 aliphatic rings. The van der Waals surface area contributed by atoms with E-state index in [1.54, 1.807) is 30.7 Å². The Balaban J connectivity index is 0.000000136. The van der Waals surface area contributed by atoms with Crippen molar-refractivity contribution in [2.75, 3.05) is 51.6 Å². The van der Waals surface area contributed by atoms with Crippen molar-refractivity contribution in [3.05, 3.63) is 213 Å². The number of benzene rings is 6. The minimum absolute atomic E-state index is 0.0498. The van der Waals surface area contributed by atoms with Crippen molar-refractivity contribution in [1.29, 1.82) is 0 Å². The van der Waals surface area contributed by atoms with Crippen LogP contribution >= 0.6 is 0 Å². The largest absolute Gasteiger partial charge is 0.508 e. The molecule has 0 fully saturated rings. The third-order valence-corrected chi connectivity index (χ3v) is 12.7. The number of fused-ring (bicyclic) bond motifs is 3. The minimum Gasteiger partial charge on any atom is -0.508 e. The van der Waals surface area contributed by atoms with Crippen LogP contribution in [0.5, 0.6) is 5.75 Å². The molecule has 19 heteroatoms. The molecular formula is C61H57N15O4. The van der Waals surface area contributed by atoms with E-state index in [0.29, 0.717) is 35.3 Å². The Bertz CT molecular complexity index is 4020. The van der Waals surface area contributed by atoms with Crippen molar-refractivity contribution in [2.45, 2.75) is 20.5 Å². The molecule has 0 aliphatic carbocycles. The van der Waals surface area contributed by atoms with E-state index in [4.69, 9.17) is 20.7 Å². The Morgan fingerprint density at radius 1 is 0.562 bits per heavy atom. The first-order chi connectivity index (χ1) is 39.1. The summed E-state index contributed by atoms with van der Waals surface area (Å²) in [6.07, 6.45) is 16.6. The number of nitrogens with two attached hydrogens (primary N) is 1. The van der Waals surface area contributed by atoms with Gasteiger partial charge in [0.2, 0.25) is 5.91 Å². The van der Waals surface area contributed by atoms with Crippen LogP contribution in [0.15, 0.2) is 207 Å². The maximum absolute atomic E-state index is 11.1. The van der Waals surface area contributed by atoms with Gasteiger partial charge >= 0.3 is 0 Å². The highest BCUT2D eigenvalue weighted by Crippen LogP contribution is 2.30. The summed E-state index contributed by atoms with van der Waals surface area (Å²) in [6, 6.07) is 47.6. The molecule has 6 aromatic heterocycles. The zero-order valence-electron chi connectivity index (χ0n) is 43.8. The summed E-state index contributed by atoms with van der Waals surface area (Å²) in [6.45, 7) is 5.04. The number of carbonyl (C=O) groups excluding carboxylic acids is 1. The first-order valence-corrected chi connectivity index (χ1v) is 25.7. The average molecular weight is 1060 g/mol. The highest BCUT2D eigenvalue weighted by atomic mass is 16.3. The number of phenols is 1. The lowest BCUT2D eigenvalue weighted by Crippen LogP contribution is -2.25. The molecule has 0 atom stereocenters. The van der Waals surface area contributed by atoms with Crippen LogP contribution in [0.1, 0.15) is 19.4 Å². The van der Waals surface area contributed by atoms with Gasteiger partial charge in [-0.15, -0.1) is 0 Å². The fourth-order valence-corrected chi connectivity index (χ4v) is 8.81. The molecule has 0 bridgehead atoms. The molecule has 400 valence electrons. The normalized spacial score (nSPS) is 10.8. The molecule has 0 spiro atoms. The van der Waals surface area contributed by atoms with Gasteiger partial charge in [0.1, 0.15) is 5.75 Å². The number of imidazole rings is 3. The van der Waals surface area contributed by atoms with Crippen molar-refractivity contribution in [1.82, 2.24) is 43.1 Å². The van der Waals surface area contributed by atoms with Gasteiger partial charge in [-0.2, -0.15) is 0 Å². The van der Waals surface area contributed by atoms with E-state index >= 15 is 0 Å². The van der Waals surface area contributed by atoms with E-state index in [0.717, 1.165) is 85.6 Å². The van der Waals surface area contributed by atoms with Gasteiger partial charge in [-0.3, -0.25) is 4.79 Å². The summed E-state index contributed by atoms with van der Waals surface area (Å²) >= 11 is 0. The Labute approximate surface area is 460 Å². The second-order valence-corrected chi connectivity index (χ2v) is 18.2. The van der Waals surface area contributed by atoms with Crippen LogP contribution in [0.2, 0.25) is 0 Å². The highest BCUT2D eigenvalue weighted by molar-refractivity contribution is 5.89. The molecule has 0 saturated heterocycles. The Hall–Kier alpha value is -10.6. The van der Waals surface area contributed by atoms with Crippen molar-refractivity contribution in [2.24, 2.45) is 0 Å². The first kappa shape index (κ1) is 52.8. The number of nitrogen functional groups attached to an aromatic ring is 1. The van der Waals surface area contributed by atoms with E-state index in [1.165, 1.54) is 6.92 Å². The van der Waals surface area contributed by atoms with Crippen molar-refractivity contribution in [3.63, 3.8) is 0 Å². The molecule has 12 aromatic rings. The molecule has 0 radical (unpaired) electrons. The fourth-order valence-electron chi connectivity index (χ4n) is 8.81. The second kappa shape index (κ2) is 24.6. The van der Waals surface area contributed by atoms with Gasteiger partial charge in [0, 0.05) is 127 Å². The number of rotatable bonds is 15. The summed E-state index contributed by atoms with van der Waals surface area (Å²) in [5, 5.41) is 41.1. The quantitative estimate of drug-likeness (QED) is 0.0445. The zero-order chi connectivity index (χ0) is 55.4. The molecular weight excluding hydrogens is 1010 g/mol. The van der Waals surface area contributed by atoms with Crippen molar-refractivity contribution < 1.29 is 20.1 Å². The SMILES string of the molecule is CC(=O)Nc1ccc(Nc2nc(-c3ccc(O)cc3)cn3ccnc23)cc1.CCN(CCO)c1ccc(Nc2nc(-c3ccccc3CO)cn3ccnc23)cc1.Nc1cccc(-c2cn3ccnc3c(Nc3ccccc3)n2)c1. The molecule has 12 rings (SSSR count). The number of phenolic OH excluding ortho intramolecular Hbond substituents is 1. The molecule has 0 unspecified atom stereocenters. The molecule has 6 aromatic carbocycles. The predicted molar refractivity (Wildman–Crippen MR) is 316 cm³/mol. The molecule has 0 aliphatic heterocycles. The summed E-state index contributed by atoms with van der Waals surface area (Å²) in [5.41, 5.74) is 19.2. The number of aromatic nitrogens is 9. The van der Waals surface area contributed by atoms with Gasteiger partial charge in [0.05, 0.1) is 30.3 Å². The molecule has 9 N–H and O–H groups in total. The van der Waals surface area contributed by atoms with E-state index in [2.05, 4.69) is 48.0 Å². The van der Waals surface area contributed by atoms with E-state index in [1.807, 2.05) is 190 Å². The number of hydrogen-bond donors (Lipinski definition) is 8. The summed E-state index contributed by atoms with van der Waals surface area (Å²) < 4.78 is 5.77. The third-order valence-electron chi connectivity index (χ3n) is 12.7. The number of hydrogen-bond acceptors (Lipinski definition) is 15. The number of nitrogens with zero attached hydrogens (tertiary/aromatic N) is 10. The molecule has 80 heavy (non-hydrogen) atoms. The third kappa shape index (κ3) is 12.6. The number of likely N-dealkylation sites (N-methyl/N-ethyl adjacent to an activating group) is 1. The lowest BCUT2D eigenvalue weighted by molar-refractivity contribution is -0.114. The van der Waals surface area contributed by atoms with Crippen LogP contribution in [-0.2, 0) is 11.4 Å². The van der Waals surface area contributed by atoms with Gasteiger partial charge in [0.15, 0.2) is 34.4 Å². The maximum Gasteiger partial charge on any atom is 0.221 e. The topological polar surface area (TPSA) is 246 Å². The number of carbonyl (C=O) groups is 1. The number of nitrogens with one attached hydrogen (secondary N) is 4. The fraction of sp³-hybridized carbons (Fsp3) is 0.0984. The first-order valence-electron chi connectivity index (χ1n) is 25.7. The summed E-state index contributed by atoms with van der Waals surface area (Å²) in [5.74, 6) is 2.05. The van der Waals surface area contributed by atoms with Crippen LogP contribution in [0.25, 0.3) is 50.7 Å².